The standard InChI is InChI=1S/C16H23N3O/c1-2-3-4-5-6-7-10-19-12-18-15-9-8-13(17)11-14(15)16(19)20/h8-9,11-12H,2-7,10,17H2,1H3. The van der Waals surface area contributed by atoms with Gasteiger partial charge in [-0.25, -0.2) is 4.98 Å². The van der Waals surface area contributed by atoms with Crippen molar-refractivity contribution < 1.29 is 0 Å². The van der Waals surface area contributed by atoms with Crippen molar-refractivity contribution in [3.63, 3.8) is 0 Å². The van der Waals surface area contributed by atoms with Crippen molar-refractivity contribution in [2.24, 2.45) is 0 Å². The van der Waals surface area contributed by atoms with Crippen molar-refractivity contribution in [1.29, 1.82) is 0 Å². The van der Waals surface area contributed by atoms with Crippen molar-refractivity contribution in [3.8, 4) is 0 Å². The Morgan fingerprint density at radius 3 is 2.70 bits per heavy atom. The maximum atomic E-state index is 12.3. The molecule has 20 heavy (non-hydrogen) atoms. The van der Waals surface area contributed by atoms with Gasteiger partial charge >= 0.3 is 0 Å². The van der Waals surface area contributed by atoms with Gasteiger partial charge in [-0.1, -0.05) is 39.0 Å². The summed E-state index contributed by atoms with van der Waals surface area (Å²) in [6.07, 6.45) is 8.94. The third-order valence-corrected chi connectivity index (χ3v) is 3.60. The number of unbranched alkanes of at least 4 members (excludes halogenated alkanes) is 5. The SMILES string of the molecule is CCCCCCCCn1cnc2ccc(N)cc2c1=O. The van der Waals surface area contributed by atoms with E-state index < -0.39 is 0 Å². The van der Waals surface area contributed by atoms with E-state index in [2.05, 4.69) is 11.9 Å². The summed E-state index contributed by atoms with van der Waals surface area (Å²) in [7, 11) is 0. The average Bonchev–Trinajstić information content (AvgIpc) is 2.45. The second-order valence-electron chi connectivity index (χ2n) is 5.29. The van der Waals surface area contributed by atoms with Crippen molar-refractivity contribution >= 4 is 16.6 Å². The second-order valence-corrected chi connectivity index (χ2v) is 5.29. The molecular formula is C16H23N3O. The highest BCUT2D eigenvalue weighted by atomic mass is 16.1. The lowest BCUT2D eigenvalue weighted by Crippen LogP contribution is -2.20. The van der Waals surface area contributed by atoms with Crippen LogP contribution in [0.5, 0.6) is 0 Å². The maximum Gasteiger partial charge on any atom is 0.261 e. The first-order valence-corrected chi connectivity index (χ1v) is 7.47. The Kier molecular flexibility index (Phi) is 5.16. The third-order valence-electron chi connectivity index (χ3n) is 3.60. The van der Waals surface area contributed by atoms with Gasteiger partial charge in [-0.05, 0) is 24.6 Å². The molecule has 0 saturated heterocycles. The number of aromatic nitrogens is 2. The zero-order valence-electron chi connectivity index (χ0n) is 12.1. The molecule has 0 unspecified atom stereocenters. The monoisotopic (exact) mass is 273 g/mol. The molecule has 0 spiro atoms. The van der Waals surface area contributed by atoms with Crippen LogP contribution >= 0.6 is 0 Å². The minimum absolute atomic E-state index is 0.0101. The van der Waals surface area contributed by atoms with Crippen LogP contribution in [0.3, 0.4) is 0 Å². The Morgan fingerprint density at radius 2 is 1.90 bits per heavy atom. The van der Waals surface area contributed by atoms with Crippen LogP contribution in [0.15, 0.2) is 29.3 Å². The summed E-state index contributed by atoms with van der Waals surface area (Å²) in [6.45, 7) is 2.95. The van der Waals surface area contributed by atoms with Gasteiger partial charge in [0.05, 0.1) is 17.2 Å². The molecule has 0 fully saturated rings. The highest BCUT2D eigenvalue weighted by Gasteiger charge is 2.04. The normalized spacial score (nSPS) is 11.1. The van der Waals surface area contributed by atoms with Crippen LogP contribution in [-0.4, -0.2) is 9.55 Å². The zero-order valence-corrected chi connectivity index (χ0v) is 12.1. The van der Waals surface area contributed by atoms with Crippen LogP contribution in [0.25, 0.3) is 10.9 Å². The van der Waals surface area contributed by atoms with E-state index in [1.165, 1.54) is 32.1 Å². The van der Waals surface area contributed by atoms with Crippen molar-refractivity contribution in [1.82, 2.24) is 9.55 Å². The minimum Gasteiger partial charge on any atom is -0.399 e. The molecule has 2 aromatic rings. The molecule has 2 rings (SSSR count). The van der Waals surface area contributed by atoms with E-state index in [1.54, 1.807) is 29.1 Å². The van der Waals surface area contributed by atoms with Crippen molar-refractivity contribution in [3.05, 3.63) is 34.9 Å². The molecule has 1 aromatic heterocycles. The number of nitrogen functional groups attached to an aromatic ring is 1. The van der Waals surface area contributed by atoms with E-state index in [-0.39, 0.29) is 5.56 Å². The summed E-state index contributed by atoms with van der Waals surface area (Å²) >= 11 is 0. The fourth-order valence-corrected chi connectivity index (χ4v) is 2.40. The molecule has 0 bridgehead atoms. The number of hydrogen-bond acceptors (Lipinski definition) is 3. The van der Waals surface area contributed by atoms with Crippen LogP contribution in [0.2, 0.25) is 0 Å². The van der Waals surface area contributed by atoms with E-state index in [0.717, 1.165) is 13.0 Å². The number of rotatable bonds is 7. The Balaban J connectivity index is 2.00. The van der Waals surface area contributed by atoms with Gasteiger partial charge in [0.1, 0.15) is 0 Å². The molecule has 108 valence electrons. The smallest absolute Gasteiger partial charge is 0.261 e. The second kappa shape index (κ2) is 7.08. The first-order chi connectivity index (χ1) is 9.72. The molecule has 4 nitrogen and oxygen atoms in total. The van der Waals surface area contributed by atoms with Crippen LogP contribution in [-0.2, 0) is 6.54 Å². The third kappa shape index (κ3) is 3.59. The van der Waals surface area contributed by atoms with Gasteiger partial charge < -0.3 is 5.73 Å². The van der Waals surface area contributed by atoms with Crippen LogP contribution in [0.4, 0.5) is 5.69 Å². The predicted octanol–water partition coefficient (Wildman–Crippen LogP) is 3.34. The van der Waals surface area contributed by atoms with Crippen LogP contribution in [0.1, 0.15) is 45.4 Å². The summed E-state index contributed by atoms with van der Waals surface area (Å²) in [5.41, 5.74) is 7.06. The molecule has 0 amide bonds. The predicted molar refractivity (Wildman–Crippen MR) is 83.8 cm³/mol. The molecule has 0 saturated carbocycles. The lowest BCUT2D eigenvalue weighted by Gasteiger charge is -2.07. The number of nitrogens with two attached hydrogens (primary N) is 1. The fourth-order valence-electron chi connectivity index (χ4n) is 2.40. The number of fused-ring (bicyclic) bond motifs is 1. The first kappa shape index (κ1) is 14.6. The highest BCUT2D eigenvalue weighted by Crippen LogP contribution is 2.11. The molecule has 0 aliphatic carbocycles. The van der Waals surface area contributed by atoms with Gasteiger partial charge in [-0.3, -0.25) is 9.36 Å². The van der Waals surface area contributed by atoms with Crippen LogP contribution < -0.4 is 11.3 Å². The Bertz CT molecular complexity index is 619. The summed E-state index contributed by atoms with van der Waals surface area (Å²) in [6, 6.07) is 5.27. The molecular weight excluding hydrogens is 250 g/mol. The molecule has 1 heterocycles. The summed E-state index contributed by atoms with van der Waals surface area (Å²) in [4.78, 5) is 16.6. The first-order valence-electron chi connectivity index (χ1n) is 7.47. The van der Waals surface area contributed by atoms with Gasteiger partial charge in [0.2, 0.25) is 0 Å². The van der Waals surface area contributed by atoms with Crippen molar-refractivity contribution in [2.75, 3.05) is 5.73 Å². The molecule has 0 aliphatic heterocycles. The van der Waals surface area contributed by atoms with E-state index in [9.17, 15) is 4.79 Å². The van der Waals surface area contributed by atoms with Gasteiger partial charge in [0.15, 0.2) is 0 Å². The van der Waals surface area contributed by atoms with E-state index in [4.69, 9.17) is 5.73 Å². The Hall–Kier alpha value is -1.84. The number of benzene rings is 1. The van der Waals surface area contributed by atoms with Gasteiger partial charge in [0, 0.05) is 12.2 Å². The van der Waals surface area contributed by atoms with E-state index in [1.807, 2.05) is 0 Å². The zero-order chi connectivity index (χ0) is 14.4. The molecule has 0 aliphatic rings. The van der Waals surface area contributed by atoms with Gasteiger partial charge in [-0.2, -0.15) is 0 Å². The largest absolute Gasteiger partial charge is 0.399 e. The molecule has 0 atom stereocenters. The summed E-state index contributed by atoms with van der Waals surface area (Å²) < 4.78 is 1.70. The fraction of sp³-hybridized carbons (Fsp3) is 0.500. The van der Waals surface area contributed by atoms with E-state index in [0.29, 0.717) is 16.6 Å². The number of aryl methyl sites for hydroxylation is 1. The lowest BCUT2D eigenvalue weighted by atomic mass is 10.1. The highest BCUT2D eigenvalue weighted by molar-refractivity contribution is 5.80. The average molecular weight is 273 g/mol. The summed E-state index contributed by atoms with van der Waals surface area (Å²) in [5.74, 6) is 0. The van der Waals surface area contributed by atoms with Crippen LogP contribution in [0, 0.1) is 0 Å². The minimum atomic E-state index is 0.0101. The summed E-state index contributed by atoms with van der Waals surface area (Å²) in [5, 5.41) is 0.610. The Labute approximate surface area is 119 Å². The topological polar surface area (TPSA) is 60.9 Å². The lowest BCUT2D eigenvalue weighted by molar-refractivity contribution is 0.547. The van der Waals surface area contributed by atoms with Gasteiger partial charge in [0.25, 0.3) is 5.56 Å². The number of hydrogen-bond donors (Lipinski definition) is 1. The molecule has 4 heteroatoms. The van der Waals surface area contributed by atoms with Gasteiger partial charge in [-0.15, -0.1) is 0 Å². The quantitative estimate of drug-likeness (QED) is 0.621. The molecule has 1 aromatic carbocycles. The Morgan fingerprint density at radius 1 is 1.15 bits per heavy atom. The molecule has 0 radical (unpaired) electrons. The van der Waals surface area contributed by atoms with E-state index >= 15 is 0 Å². The number of anilines is 1. The van der Waals surface area contributed by atoms with Crippen molar-refractivity contribution in [2.45, 2.75) is 52.0 Å². The number of nitrogens with zero attached hydrogens (tertiary/aromatic N) is 2. The molecule has 2 N–H and O–H groups in total. The maximum absolute atomic E-state index is 12.3.